The Morgan fingerprint density at radius 2 is 1.74 bits per heavy atom. The van der Waals surface area contributed by atoms with Crippen molar-refractivity contribution in [1.82, 2.24) is 10.2 Å². The summed E-state index contributed by atoms with van der Waals surface area (Å²) in [5.41, 5.74) is 3.78. The van der Waals surface area contributed by atoms with Crippen LogP contribution in [0.15, 0.2) is 23.3 Å². The van der Waals surface area contributed by atoms with Gasteiger partial charge in [0, 0.05) is 12.1 Å². The first kappa shape index (κ1) is 33.8. The number of aliphatic carboxylic acids is 1. The van der Waals surface area contributed by atoms with E-state index in [0.717, 1.165) is 32.1 Å². The molecule has 0 aromatic carbocycles. The van der Waals surface area contributed by atoms with Crippen LogP contribution in [-0.4, -0.2) is 60.1 Å². The van der Waals surface area contributed by atoms with Gasteiger partial charge in [0.05, 0.1) is 17.7 Å². The summed E-state index contributed by atoms with van der Waals surface area (Å²) in [5.74, 6) is 2.06. The second-order valence-electron chi connectivity index (χ2n) is 17.9. The van der Waals surface area contributed by atoms with Crippen molar-refractivity contribution in [2.75, 3.05) is 19.0 Å². The molecule has 0 radical (unpaired) electrons. The molecule has 7 rings (SSSR count). The SMILES string of the molecule is CCC1CN(C(=O)CNC23CCCC2C2CCC4C5(C)CC=C(C6=CCC(C(=O)O)CC6)C(C)C5CCC4(C)[C@]2(C)CC3)CS1(=O)=O. The van der Waals surface area contributed by atoms with E-state index < -0.39 is 21.1 Å². The molecule has 1 saturated heterocycles. The van der Waals surface area contributed by atoms with Gasteiger partial charge in [-0.3, -0.25) is 9.59 Å². The van der Waals surface area contributed by atoms with Crippen molar-refractivity contribution < 1.29 is 23.1 Å². The molecular formula is C39H60N2O5S. The molecule has 7 nitrogen and oxygen atoms in total. The van der Waals surface area contributed by atoms with E-state index in [-0.39, 0.29) is 46.0 Å². The summed E-state index contributed by atoms with van der Waals surface area (Å²) in [7, 11) is -3.22. The highest BCUT2D eigenvalue weighted by atomic mass is 32.2. The fourth-order valence-electron chi connectivity index (χ4n) is 13.5. The Balaban J connectivity index is 1.08. The highest BCUT2D eigenvalue weighted by Gasteiger charge is 2.68. The van der Waals surface area contributed by atoms with Gasteiger partial charge in [0.1, 0.15) is 5.88 Å². The number of nitrogens with one attached hydrogen (secondary N) is 1. The average Bonchev–Trinajstić information content (AvgIpc) is 3.60. The third-order valence-electron chi connectivity index (χ3n) is 16.4. The minimum Gasteiger partial charge on any atom is -0.481 e. The molecule has 0 spiro atoms. The number of sulfone groups is 1. The average molecular weight is 669 g/mol. The van der Waals surface area contributed by atoms with Crippen LogP contribution >= 0.6 is 0 Å². The molecule has 47 heavy (non-hydrogen) atoms. The number of amides is 1. The zero-order valence-corrected chi connectivity index (χ0v) is 30.5. The fraction of sp³-hybridized carbons (Fsp3) is 0.846. The second kappa shape index (κ2) is 11.7. The Morgan fingerprint density at radius 1 is 0.957 bits per heavy atom. The van der Waals surface area contributed by atoms with Crippen LogP contribution in [0.5, 0.6) is 0 Å². The summed E-state index contributed by atoms with van der Waals surface area (Å²) in [6.07, 6.45) is 19.9. The van der Waals surface area contributed by atoms with Gasteiger partial charge in [-0.05, 0) is 140 Å². The zero-order valence-electron chi connectivity index (χ0n) is 29.7. The third-order valence-corrected chi connectivity index (χ3v) is 18.5. The van der Waals surface area contributed by atoms with Crippen molar-refractivity contribution in [3.05, 3.63) is 23.3 Å². The number of allylic oxidation sites excluding steroid dienone is 4. The molecule has 7 aliphatic rings. The van der Waals surface area contributed by atoms with E-state index in [9.17, 15) is 23.1 Å². The summed E-state index contributed by atoms with van der Waals surface area (Å²) in [6.45, 7) is 12.9. The maximum absolute atomic E-state index is 13.3. The summed E-state index contributed by atoms with van der Waals surface area (Å²) in [5, 5.41) is 12.9. The number of hydrogen-bond acceptors (Lipinski definition) is 5. The highest BCUT2D eigenvalue weighted by molar-refractivity contribution is 7.92. The quantitative estimate of drug-likeness (QED) is 0.312. The Hall–Kier alpha value is -1.67. The predicted octanol–water partition coefficient (Wildman–Crippen LogP) is 7.13. The fourth-order valence-corrected chi connectivity index (χ4v) is 15.3. The van der Waals surface area contributed by atoms with Crippen LogP contribution in [-0.2, 0) is 19.4 Å². The largest absolute Gasteiger partial charge is 0.481 e. The van der Waals surface area contributed by atoms with Crippen LogP contribution in [0.25, 0.3) is 0 Å². The van der Waals surface area contributed by atoms with Crippen LogP contribution < -0.4 is 5.32 Å². The molecule has 0 bridgehead atoms. The summed E-state index contributed by atoms with van der Waals surface area (Å²) >= 11 is 0. The van der Waals surface area contributed by atoms with Gasteiger partial charge in [-0.25, -0.2) is 8.42 Å². The Labute approximate surface area is 283 Å². The lowest BCUT2D eigenvalue weighted by Gasteiger charge is -2.71. The summed E-state index contributed by atoms with van der Waals surface area (Å²) < 4.78 is 25.1. The maximum Gasteiger partial charge on any atom is 0.306 e. The number of fused-ring (bicyclic) bond motifs is 7. The first-order valence-electron chi connectivity index (χ1n) is 19.1. The number of carbonyl (C=O) groups is 2. The molecule has 2 N–H and O–H groups in total. The number of carbonyl (C=O) groups excluding carboxylic acids is 1. The molecular weight excluding hydrogens is 609 g/mol. The Kier molecular flexibility index (Phi) is 8.42. The highest BCUT2D eigenvalue weighted by Crippen LogP contribution is 2.75. The molecule has 10 unspecified atom stereocenters. The van der Waals surface area contributed by atoms with Gasteiger partial charge in [0.15, 0.2) is 9.84 Å². The standard InChI is InChI=1S/C39H60N2O5S/c1-6-28-23-41(24-47(28,45)46)34(42)22-40-39-17-7-8-32(39)31-13-14-33-36(3)18-15-29(26-9-11-27(12-10-26)35(43)44)25(2)30(36)16-19-38(33,5)37(31,4)20-21-39/h9,15,25,27-28,30-33,40H,6-8,10-14,16-24H2,1-5H3,(H,43,44)/t25?,27?,28?,30?,31?,32?,33?,36?,37-,38?,39?/m1/s1. The van der Waals surface area contributed by atoms with Crippen molar-refractivity contribution in [2.45, 2.75) is 135 Å². The van der Waals surface area contributed by atoms with Gasteiger partial charge in [0.25, 0.3) is 0 Å². The Bertz CT molecular complexity index is 1470. The molecule has 11 atom stereocenters. The topological polar surface area (TPSA) is 104 Å². The molecule has 262 valence electrons. The van der Waals surface area contributed by atoms with Crippen LogP contribution in [0.1, 0.15) is 125 Å². The van der Waals surface area contributed by atoms with E-state index in [1.165, 1.54) is 56.1 Å². The lowest BCUT2D eigenvalue weighted by Crippen LogP contribution is -2.67. The van der Waals surface area contributed by atoms with Crippen LogP contribution in [0.3, 0.4) is 0 Å². The zero-order chi connectivity index (χ0) is 33.6. The van der Waals surface area contributed by atoms with Crippen molar-refractivity contribution in [3.63, 3.8) is 0 Å². The number of carboxylic acids is 1. The van der Waals surface area contributed by atoms with E-state index in [0.29, 0.717) is 49.0 Å². The van der Waals surface area contributed by atoms with Crippen LogP contribution in [0, 0.1) is 51.8 Å². The molecule has 4 saturated carbocycles. The molecule has 0 aromatic heterocycles. The van der Waals surface area contributed by atoms with E-state index in [2.05, 4.69) is 45.2 Å². The first-order valence-corrected chi connectivity index (χ1v) is 20.8. The van der Waals surface area contributed by atoms with Crippen molar-refractivity contribution in [2.24, 2.45) is 51.8 Å². The van der Waals surface area contributed by atoms with Gasteiger partial charge < -0.3 is 15.3 Å². The number of carboxylic acid groups (broad SMARTS) is 1. The number of hydrogen-bond donors (Lipinski definition) is 2. The van der Waals surface area contributed by atoms with E-state index in [1.807, 2.05) is 6.92 Å². The normalized spacial score (nSPS) is 47.2. The van der Waals surface area contributed by atoms with Gasteiger partial charge in [-0.2, -0.15) is 0 Å². The van der Waals surface area contributed by atoms with Crippen molar-refractivity contribution in [3.8, 4) is 0 Å². The summed E-state index contributed by atoms with van der Waals surface area (Å²) in [4.78, 5) is 26.5. The second-order valence-corrected chi connectivity index (χ2v) is 20.1. The number of nitrogens with zero attached hydrogens (tertiary/aromatic N) is 1. The van der Waals surface area contributed by atoms with Crippen LogP contribution in [0.2, 0.25) is 0 Å². The van der Waals surface area contributed by atoms with Gasteiger partial charge in [-0.15, -0.1) is 0 Å². The minimum atomic E-state index is -3.22. The summed E-state index contributed by atoms with van der Waals surface area (Å²) in [6, 6.07) is 0. The van der Waals surface area contributed by atoms with Gasteiger partial charge in [0.2, 0.25) is 5.91 Å². The molecule has 1 amide bonds. The maximum atomic E-state index is 13.3. The van der Waals surface area contributed by atoms with E-state index in [1.54, 1.807) is 4.90 Å². The molecule has 1 heterocycles. The lowest BCUT2D eigenvalue weighted by molar-refractivity contribution is -0.212. The lowest BCUT2D eigenvalue weighted by atomic mass is 9.34. The van der Waals surface area contributed by atoms with Gasteiger partial charge in [-0.1, -0.05) is 53.2 Å². The third kappa shape index (κ3) is 5.06. The molecule has 1 aliphatic heterocycles. The van der Waals surface area contributed by atoms with Crippen LogP contribution in [0.4, 0.5) is 0 Å². The molecule has 8 heteroatoms. The Morgan fingerprint density at radius 3 is 2.43 bits per heavy atom. The van der Waals surface area contributed by atoms with Crippen molar-refractivity contribution in [1.29, 1.82) is 0 Å². The van der Waals surface area contributed by atoms with E-state index in [4.69, 9.17) is 0 Å². The minimum absolute atomic E-state index is 0.00273. The molecule has 0 aromatic rings. The first-order chi connectivity index (χ1) is 22.2. The van der Waals surface area contributed by atoms with Crippen molar-refractivity contribution >= 4 is 21.7 Å². The monoisotopic (exact) mass is 668 g/mol. The molecule has 6 aliphatic carbocycles. The van der Waals surface area contributed by atoms with E-state index >= 15 is 0 Å². The van der Waals surface area contributed by atoms with Gasteiger partial charge >= 0.3 is 5.97 Å². The smallest absolute Gasteiger partial charge is 0.306 e. The number of rotatable bonds is 6. The predicted molar refractivity (Wildman–Crippen MR) is 185 cm³/mol. The molecule has 5 fully saturated rings.